The predicted octanol–water partition coefficient (Wildman–Crippen LogP) is 1.58. The van der Waals surface area contributed by atoms with Crippen molar-refractivity contribution in [3.63, 3.8) is 0 Å². The monoisotopic (exact) mass is 235 g/mol. The summed E-state index contributed by atoms with van der Waals surface area (Å²) >= 11 is 0. The Balaban J connectivity index is 1.62. The highest BCUT2D eigenvalue weighted by atomic mass is 16.5. The van der Waals surface area contributed by atoms with Gasteiger partial charge in [-0.25, -0.2) is 0 Å². The molecule has 3 rings (SSSR count). The van der Waals surface area contributed by atoms with Crippen molar-refractivity contribution in [3.8, 4) is 0 Å². The number of carbonyl (C=O) groups is 1. The Morgan fingerprint density at radius 1 is 1.35 bits per heavy atom. The number of aromatic nitrogens is 2. The van der Waals surface area contributed by atoms with Crippen molar-refractivity contribution in [1.82, 2.24) is 15.0 Å². The highest BCUT2D eigenvalue weighted by Crippen LogP contribution is 2.30. The van der Waals surface area contributed by atoms with Crippen molar-refractivity contribution in [2.24, 2.45) is 5.92 Å². The van der Waals surface area contributed by atoms with Crippen LogP contribution in [0.1, 0.15) is 43.8 Å². The lowest BCUT2D eigenvalue weighted by atomic mass is 10.1. The summed E-state index contributed by atoms with van der Waals surface area (Å²) in [6.07, 6.45) is 6.87. The van der Waals surface area contributed by atoms with Gasteiger partial charge in [0.15, 0.2) is 5.82 Å². The molecule has 5 heteroatoms. The molecule has 0 bridgehead atoms. The van der Waals surface area contributed by atoms with Crippen molar-refractivity contribution in [2.45, 2.75) is 38.0 Å². The third-order valence-electron chi connectivity index (χ3n) is 3.95. The van der Waals surface area contributed by atoms with E-state index in [1.165, 1.54) is 19.2 Å². The van der Waals surface area contributed by atoms with Crippen LogP contribution in [-0.2, 0) is 4.79 Å². The molecule has 1 aromatic heterocycles. The standard InChI is InChI=1S/C12H17N3O2/c16-12(9-3-1-2-4-9)15-6-5-10(7-15)11-13-8-17-14-11/h8-10H,1-7H2. The number of hydrogen-bond donors (Lipinski definition) is 0. The molecule has 1 unspecified atom stereocenters. The zero-order chi connectivity index (χ0) is 11.7. The van der Waals surface area contributed by atoms with Gasteiger partial charge in [0, 0.05) is 24.9 Å². The third kappa shape index (κ3) is 2.06. The van der Waals surface area contributed by atoms with Crippen LogP contribution in [0, 0.1) is 5.92 Å². The number of carbonyl (C=O) groups excluding carboxylic acids is 1. The summed E-state index contributed by atoms with van der Waals surface area (Å²) in [7, 11) is 0. The summed E-state index contributed by atoms with van der Waals surface area (Å²) < 4.78 is 4.76. The van der Waals surface area contributed by atoms with E-state index in [9.17, 15) is 4.79 Å². The van der Waals surface area contributed by atoms with Crippen LogP contribution in [0.15, 0.2) is 10.9 Å². The summed E-state index contributed by atoms with van der Waals surface area (Å²) in [5.74, 6) is 1.62. The van der Waals surface area contributed by atoms with E-state index >= 15 is 0 Å². The molecule has 5 nitrogen and oxygen atoms in total. The molecule has 1 amide bonds. The minimum absolute atomic E-state index is 0.263. The molecular formula is C12H17N3O2. The van der Waals surface area contributed by atoms with E-state index in [4.69, 9.17) is 4.52 Å². The minimum atomic E-state index is 0.263. The van der Waals surface area contributed by atoms with E-state index in [2.05, 4.69) is 10.1 Å². The molecule has 1 atom stereocenters. The third-order valence-corrected chi connectivity index (χ3v) is 3.95. The van der Waals surface area contributed by atoms with Crippen molar-refractivity contribution in [2.75, 3.05) is 13.1 Å². The summed E-state index contributed by atoms with van der Waals surface area (Å²) in [6.45, 7) is 1.60. The highest BCUT2D eigenvalue weighted by molar-refractivity contribution is 5.79. The summed E-state index contributed by atoms with van der Waals surface area (Å²) in [4.78, 5) is 18.3. The van der Waals surface area contributed by atoms with Gasteiger partial charge >= 0.3 is 0 Å². The van der Waals surface area contributed by atoms with Crippen molar-refractivity contribution >= 4 is 5.91 Å². The molecule has 2 fully saturated rings. The van der Waals surface area contributed by atoms with Crippen LogP contribution >= 0.6 is 0 Å². The van der Waals surface area contributed by atoms with E-state index in [0.29, 0.717) is 5.91 Å². The zero-order valence-corrected chi connectivity index (χ0v) is 9.84. The smallest absolute Gasteiger partial charge is 0.225 e. The molecule has 1 aliphatic heterocycles. The molecule has 0 spiro atoms. The molecule has 0 aromatic carbocycles. The maximum atomic E-state index is 12.2. The fourth-order valence-electron chi connectivity index (χ4n) is 2.96. The van der Waals surface area contributed by atoms with Gasteiger partial charge in [0.25, 0.3) is 0 Å². The van der Waals surface area contributed by atoms with Crippen LogP contribution in [-0.4, -0.2) is 34.0 Å². The average Bonchev–Trinajstić information content (AvgIpc) is 3.09. The Labute approximate surface area is 100 Å². The Kier molecular flexibility index (Phi) is 2.82. The number of hydrogen-bond acceptors (Lipinski definition) is 4. The van der Waals surface area contributed by atoms with E-state index in [0.717, 1.165) is 38.2 Å². The lowest BCUT2D eigenvalue weighted by Gasteiger charge is -2.19. The van der Waals surface area contributed by atoms with E-state index in [1.54, 1.807) is 0 Å². The first-order valence-electron chi connectivity index (χ1n) is 6.39. The van der Waals surface area contributed by atoms with Crippen molar-refractivity contribution in [3.05, 3.63) is 12.2 Å². The fraction of sp³-hybridized carbons (Fsp3) is 0.750. The van der Waals surface area contributed by atoms with Crippen LogP contribution < -0.4 is 0 Å². The maximum absolute atomic E-state index is 12.2. The van der Waals surface area contributed by atoms with Crippen LogP contribution in [0.25, 0.3) is 0 Å². The van der Waals surface area contributed by atoms with Gasteiger partial charge in [-0.05, 0) is 19.3 Å². The second-order valence-electron chi connectivity index (χ2n) is 5.04. The van der Waals surface area contributed by atoms with Crippen LogP contribution in [0.3, 0.4) is 0 Å². The van der Waals surface area contributed by atoms with Gasteiger partial charge in [0.1, 0.15) is 0 Å². The Morgan fingerprint density at radius 3 is 2.88 bits per heavy atom. The normalized spacial score (nSPS) is 25.6. The maximum Gasteiger partial charge on any atom is 0.225 e. The van der Waals surface area contributed by atoms with Gasteiger partial charge in [-0.15, -0.1) is 0 Å². The van der Waals surface area contributed by atoms with Crippen molar-refractivity contribution in [1.29, 1.82) is 0 Å². The number of nitrogens with zero attached hydrogens (tertiary/aromatic N) is 3. The first-order valence-corrected chi connectivity index (χ1v) is 6.39. The summed E-state index contributed by atoms with van der Waals surface area (Å²) in [6, 6.07) is 0. The lowest BCUT2D eigenvalue weighted by molar-refractivity contribution is -0.134. The number of likely N-dealkylation sites (tertiary alicyclic amines) is 1. The van der Waals surface area contributed by atoms with E-state index in [1.807, 2.05) is 4.90 Å². The SMILES string of the molecule is O=C(C1CCCC1)N1CCC(c2ncon2)C1. The quantitative estimate of drug-likeness (QED) is 0.780. The molecule has 0 N–H and O–H groups in total. The molecule has 2 aliphatic rings. The molecule has 1 saturated heterocycles. The molecule has 2 heterocycles. The molecule has 17 heavy (non-hydrogen) atoms. The van der Waals surface area contributed by atoms with Gasteiger partial charge in [-0.2, -0.15) is 4.98 Å². The fourth-order valence-corrected chi connectivity index (χ4v) is 2.96. The molecule has 92 valence electrons. The minimum Gasteiger partial charge on any atom is -0.343 e. The van der Waals surface area contributed by atoms with Crippen LogP contribution in [0.5, 0.6) is 0 Å². The van der Waals surface area contributed by atoms with Crippen LogP contribution in [0.4, 0.5) is 0 Å². The first kappa shape index (κ1) is 10.7. The Hall–Kier alpha value is -1.39. The zero-order valence-electron chi connectivity index (χ0n) is 9.84. The lowest BCUT2D eigenvalue weighted by Crippen LogP contribution is -2.33. The van der Waals surface area contributed by atoms with E-state index < -0.39 is 0 Å². The molecule has 1 saturated carbocycles. The van der Waals surface area contributed by atoms with Gasteiger partial charge in [-0.3, -0.25) is 4.79 Å². The predicted molar refractivity (Wildman–Crippen MR) is 60.2 cm³/mol. The molecule has 1 aromatic rings. The van der Waals surface area contributed by atoms with Gasteiger partial charge in [-0.1, -0.05) is 18.0 Å². The number of amides is 1. The first-order chi connectivity index (χ1) is 8.34. The van der Waals surface area contributed by atoms with Crippen LogP contribution in [0.2, 0.25) is 0 Å². The number of rotatable bonds is 2. The molecule has 0 radical (unpaired) electrons. The van der Waals surface area contributed by atoms with Gasteiger partial charge < -0.3 is 9.42 Å². The van der Waals surface area contributed by atoms with E-state index in [-0.39, 0.29) is 11.8 Å². The highest BCUT2D eigenvalue weighted by Gasteiger charge is 2.34. The summed E-state index contributed by atoms with van der Waals surface area (Å²) in [5.41, 5.74) is 0. The van der Waals surface area contributed by atoms with Gasteiger partial charge in [0.05, 0.1) is 0 Å². The second-order valence-corrected chi connectivity index (χ2v) is 5.04. The van der Waals surface area contributed by atoms with Gasteiger partial charge in [0.2, 0.25) is 12.3 Å². The molecule has 1 aliphatic carbocycles. The largest absolute Gasteiger partial charge is 0.343 e. The topological polar surface area (TPSA) is 59.2 Å². The molecular weight excluding hydrogens is 218 g/mol. The van der Waals surface area contributed by atoms with Crippen molar-refractivity contribution < 1.29 is 9.32 Å². The Morgan fingerprint density at radius 2 is 2.18 bits per heavy atom. The second kappa shape index (κ2) is 4.47. The average molecular weight is 235 g/mol. The Bertz CT molecular complexity index is 384. The summed E-state index contributed by atoms with van der Waals surface area (Å²) in [5, 5.41) is 3.87.